The van der Waals surface area contributed by atoms with Gasteiger partial charge in [-0.15, -0.1) is 0 Å². The van der Waals surface area contributed by atoms with Crippen LogP contribution in [0.4, 0.5) is 0 Å². The van der Waals surface area contributed by atoms with Gasteiger partial charge < -0.3 is 0 Å². The molecule has 1 aliphatic carbocycles. The van der Waals surface area contributed by atoms with Crippen LogP contribution in [0.5, 0.6) is 0 Å². The van der Waals surface area contributed by atoms with Gasteiger partial charge in [0, 0.05) is 44.9 Å². The molecule has 320 valence electrons. The topological polar surface area (TPSA) is 38.7 Å². The van der Waals surface area contributed by atoms with Crippen molar-refractivity contribution in [3.05, 3.63) is 221 Å². The summed E-state index contributed by atoms with van der Waals surface area (Å²) in [5, 5.41) is 0. The number of hydrogen-bond donors (Lipinski definition) is 0. The molecule has 0 bridgehead atoms. The Morgan fingerprint density at radius 1 is 0.500 bits per heavy atom. The molecular formula is C61H61N3. The summed E-state index contributed by atoms with van der Waals surface area (Å²) in [4.78, 5) is 14.5. The van der Waals surface area contributed by atoms with Crippen molar-refractivity contribution in [1.82, 2.24) is 15.0 Å². The van der Waals surface area contributed by atoms with Crippen molar-refractivity contribution < 1.29 is 9.60 Å². The van der Waals surface area contributed by atoms with Crippen molar-refractivity contribution in [2.75, 3.05) is 0 Å². The molecule has 0 radical (unpaired) electrons. The van der Waals surface area contributed by atoms with Crippen LogP contribution in [0.1, 0.15) is 113 Å². The molecule has 3 nitrogen and oxygen atoms in total. The summed E-state index contributed by atoms with van der Waals surface area (Å²) in [5.41, 5.74) is 10.9. The van der Waals surface area contributed by atoms with E-state index in [9.17, 15) is 5.48 Å². The molecule has 0 amide bonds. The van der Waals surface area contributed by atoms with E-state index in [1.165, 1.54) is 11.8 Å². The summed E-state index contributed by atoms with van der Waals surface area (Å²) >= 11 is 0. The average molecular weight is 843 g/mol. The Morgan fingerprint density at radius 3 is 1.62 bits per heavy atom. The average Bonchev–Trinajstić information content (AvgIpc) is 3.92. The van der Waals surface area contributed by atoms with E-state index in [0.29, 0.717) is 35.6 Å². The van der Waals surface area contributed by atoms with Gasteiger partial charge in [-0.3, -0.25) is 15.0 Å². The van der Waals surface area contributed by atoms with Gasteiger partial charge in [-0.05, 0) is 136 Å². The Labute approximate surface area is 391 Å². The highest BCUT2D eigenvalue weighted by atomic mass is 14.7. The van der Waals surface area contributed by atoms with Crippen LogP contribution in [-0.4, -0.2) is 15.0 Å². The van der Waals surface area contributed by atoms with Gasteiger partial charge in [0.05, 0.1) is 17.1 Å². The lowest BCUT2D eigenvalue weighted by Crippen LogP contribution is -2.23. The lowest BCUT2D eigenvalue weighted by atomic mass is 9.77. The second-order valence-corrected chi connectivity index (χ2v) is 18.8. The number of hydrogen-bond acceptors (Lipinski definition) is 3. The molecule has 0 unspecified atom stereocenters. The first kappa shape index (κ1) is 35.0. The fraction of sp³-hybridized carbons (Fsp3) is 0.262. The van der Waals surface area contributed by atoms with Gasteiger partial charge in [-0.1, -0.05) is 180 Å². The maximum atomic E-state index is 10.0. The molecule has 0 saturated heterocycles. The molecule has 1 aliphatic rings. The standard InChI is InChI=1S/C61H61N3/c1-43-16-14-25-52(32-43)59-37-56(51-24-15-23-50(36-51)47-17-12-13-18-47)53(40-62-59)27-26-44-33-45(38-60(2,3)54-28-30-57(63-41-54)48-19-8-6-9-20-48)35-46(34-44)39-61(4,5)55-29-31-58(64-42-55)49-21-10-7-11-22-49/h6-11,14-16,19-25,28-37,40-42,47H,12-13,17-18,26-27,38-39H2,1-5H3/i1D3,26D2,27D2. The van der Waals surface area contributed by atoms with Crippen molar-refractivity contribution >= 4 is 0 Å². The molecule has 8 aromatic rings. The molecule has 3 heterocycles. The first-order chi connectivity index (χ1) is 33.8. The summed E-state index contributed by atoms with van der Waals surface area (Å²) in [6.45, 7) is 6.35. The summed E-state index contributed by atoms with van der Waals surface area (Å²) < 4.78 is 64.4. The lowest BCUT2D eigenvalue weighted by Gasteiger charge is -2.28. The molecule has 0 atom stereocenters. The van der Waals surface area contributed by atoms with Crippen molar-refractivity contribution in [3.8, 4) is 44.9 Å². The molecule has 9 rings (SSSR count). The van der Waals surface area contributed by atoms with Crippen LogP contribution in [-0.2, 0) is 36.4 Å². The Hall–Kier alpha value is -6.45. The van der Waals surface area contributed by atoms with Crippen molar-refractivity contribution in [2.24, 2.45) is 0 Å². The van der Waals surface area contributed by atoms with E-state index in [0.717, 1.165) is 76.0 Å². The summed E-state index contributed by atoms with van der Waals surface area (Å²) in [6.07, 6.45) is 5.72. The van der Waals surface area contributed by atoms with Gasteiger partial charge in [0.2, 0.25) is 0 Å². The third-order valence-electron chi connectivity index (χ3n) is 13.0. The van der Waals surface area contributed by atoms with Crippen molar-refractivity contribution in [1.29, 1.82) is 0 Å². The number of rotatable bonds is 14. The highest BCUT2D eigenvalue weighted by Gasteiger charge is 2.26. The fourth-order valence-electron chi connectivity index (χ4n) is 9.40. The highest BCUT2D eigenvalue weighted by Crippen LogP contribution is 2.38. The van der Waals surface area contributed by atoms with Crippen LogP contribution in [0.25, 0.3) is 44.9 Å². The second-order valence-electron chi connectivity index (χ2n) is 18.8. The van der Waals surface area contributed by atoms with Crippen molar-refractivity contribution in [2.45, 2.75) is 103 Å². The number of nitrogens with zero attached hydrogens (tertiary/aromatic N) is 3. The predicted octanol–water partition coefficient (Wildman–Crippen LogP) is 15.3. The van der Waals surface area contributed by atoms with Crippen LogP contribution in [0.3, 0.4) is 0 Å². The molecular weight excluding hydrogens is 775 g/mol. The number of pyridine rings is 3. The van der Waals surface area contributed by atoms with E-state index < -0.39 is 30.4 Å². The Kier molecular flexibility index (Phi) is 10.2. The van der Waals surface area contributed by atoms with E-state index in [1.807, 2.05) is 109 Å². The van der Waals surface area contributed by atoms with E-state index in [2.05, 4.69) is 58.0 Å². The van der Waals surface area contributed by atoms with Crippen LogP contribution >= 0.6 is 0 Å². The monoisotopic (exact) mass is 843 g/mol. The maximum Gasteiger partial charge on any atom is 0.0708 e. The zero-order valence-corrected chi connectivity index (χ0v) is 37.4. The van der Waals surface area contributed by atoms with Gasteiger partial charge in [0.25, 0.3) is 0 Å². The Bertz CT molecular complexity index is 3010. The van der Waals surface area contributed by atoms with E-state index in [-0.39, 0.29) is 16.7 Å². The lowest BCUT2D eigenvalue weighted by molar-refractivity contribution is 0.512. The smallest absolute Gasteiger partial charge is 0.0708 e. The normalized spacial score (nSPS) is 15.6. The minimum Gasteiger partial charge on any atom is -0.256 e. The van der Waals surface area contributed by atoms with Crippen LogP contribution in [0, 0.1) is 6.85 Å². The van der Waals surface area contributed by atoms with Crippen LogP contribution in [0.15, 0.2) is 176 Å². The summed E-state index contributed by atoms with van der Waals surface area (Å²) in [7, 11) is 0. The van der Waals surface area contributed by atoms with Gasteiger partial charge in [-0.25, -0.2) is 0 Å². The van der Waals surface area contributed by atoms with Gasteiger partial charge in [0.15, 0.2) is 0 Å². The number of benzene rings is 5. The summed E-state index contributed by atoms with van der Waals surface area (Å²) in [6, 6.07) is 51.1. The first-order valence-corrected chi connectivity index (χ1v) is 22.7. The molecule has 64 heavy (non-hydrogen) atoms. The first-order valence-electron chi connectivity index (χ1n) is 26.2. The van der Waals surface area contributed by atoms with Crippen molar-refractivity contribution in [3.63, 3.8) is 0 Å². The van der Waals surface area contributed by atoms with E-state index >= 15 is 0 Å². The van der Waals surface area contributed by atoms with Gasteiger partial charge >= 0.3 is 0 Å². The Balaban J connectivity index is 1.13. The zero-order valence-electron chi connectivity index (χ0n) is 44.4. The number of aryl methyl sites for hydroxylation is 3. The molecule has 3 heteroatoms. The van der Waals surface area contributed by atoms with E-state index in [4.69, 9.17) is 19.1 Å². The zero-order chi connectivity index (χ0) is 50.2. The highest BCUT2D eigenvalue weighted by molar-refractivity contribution is 5.74. The predicted molar refractivity (Wildman–Crippen MR) is 268 cm³/mol. The maximum absolute atomic E-state index is 10.0. The summed E-state index contributed by atoms with van der Waals surface area (Å²) in [5.74, 6) is 0.392. The number of aromatic nitrogens is 3. The molecule has 0 spiro atoms. The molecule has 1 saturated carbocycles. The van der Waals surface area contributed by atoms with E-state index in [1.54, 1.807) is 30.3 Å². The SMILES string of the molecule is [2H]C([2H])([2H])c1cccc(-c2cc(-c3cccc(C4CCCC4)c3)c(C([2H])([2H])C([2H])([2H])c3cc(CC(C)(C)c4ccc(-c5ccccc5)nc4)cc(CC(C)(C)c4ccc(-c5ccccc5)nc4)c3)cn2)c1. The van der Waals surface area contributed by atoms with Gasteiger partial charge in [0.1, 0.15) is 0 Å². The molecule has 3 aromatic heterocycles. The third-order valence-corrected chi connectivity index (χ3v) is 13.0. The largest absolute Gasteiger partial charge is 0.256 e. The second kappa shape index (κ2) is 18.7. The molecule has 0 aliphatic heterocycles. The molecule has 0 N–H and O–H groups in total. The minimum absolute atomic E-state index is 0.114. The minimum atomic E-state index is -2.60. The quantitative estimate of drug-likeness (QED) is 0.109. The fourth-order valence-corrected chi connectivity index (χ4v) is 9.40. The Morgan fingerprint density at radius 2 is 1.05 bits per heavy atom. The van der Waals surface area contributed by atoms with Crippen LogP contribution in [0.2, 0.25) is 0 Å². The molecule has 5 aromatic carbocycles. The third kappa shape index (κ3) is 10.0. The molecule has 1 fully saturated rings. The van der Waals surface area contributed by atoms with Crippen LogP contribution < -0.4 is 0 Å². The van der Waals surface area contributed by atoms with Gasteiger partial charge in [-0.2, -0.15) is 0 Å².